The van der Waals surface area contributed by atoms with Crippen molar-refractivity contribution in [2.45, 2.75) is 102 Å². The summed E-state index contributed by atoms with van der Waals surface area (Å²) in [5.74, 6) is 1.02. The van der Waals surface area contributed by atoms with Gasteiger partial charge in [-0.25, -0.2) is 29.3 Å². The number of carbonyl (C=O) groups is 5. The third kappa shape index (κ3) is 8.89. The van der Waals surface area contributed by atoms with Crippen LogP contribution in [0.25, 0.3) is 22.1 Å². The molecular formula is C47H59N11O8. The number of aromatic nitrogens is 5. The lowest BCUT2D eigenvalue weighted by Crippen LogP contribution is -2.51. The Morgan fingerprint density at radius 3 is 1.56 bits per heavy atom. The molecule has 19 heteroatoms. The molecule has 0 bridgehead atoms. The number of nitrogens with zero attached hydrogens (tertiary/aromatic N) is 7. The van der Waals surface area contributed by atoms with Crippen LogP contribution in [0.2, 0.25) is 0 Å². The van der Waals surface area contributed by atoms with E-state index in [1.807, 2.05) is 45.9 Å². The van der Waals surface area contributed by atoms with Gasteiger partial charge in [0.25, 0.3) is 0 Å². The van der Waals surface area contributed by atoms with Crippen LogP contribution in [0.15, 0.2) is 54.7 Å². The maximum absolute atomic E-state index is 13.9. The second-order valence-corrected chi connectivity index (χ2v) is 18.1. The van der Waals surface area contributed by atoms with E-state index in [0.717, 1.165) is 82.3 Å². The van der Waals surface area contributed by atoms with E-state index in [9.17, 15) is 29.1 Å². The predicted octanol–water partition coefficient (Wildman–Crippen LogP) is 7.12. The quantitative estimate of drug-likeness (QED) is 0.0843. The number of nitrogens with one attached hydrogen (secondary N) is 4. The van der Waals surface area contributed by atoms with E-state index in [1.165, 1.54) is 21.3 Å². The summed E-state index contributed by atoms with van der Waals surface area (Å²) in [6, 6.07) is 13.8. The molecule has 0 unspecified atom stereocenters. The van der Waals surface area contributed by atoms with Gasteiger partial charge in [-0.05, 0) is 97.9 Å². The number of hydrogen-bond donors (Lipinski definition) is 5. The smallest absolute Gasteiger partial charge is 0.412 e. The molecule has 3 aromatic heterocycles. The number of imidazole rings is 2. The Balaban J connectivity index is 1.09. The highest BCUT2D eigenvalue weighted by Crippen LogP contribution is 2.48. The van der Waals surface area contributed by atoms with Gasteiger partial charge >= 0.3 is 18.3 Å². The topological polar surface area (TPSA) is 231 Å². The number of methoxy groups -OCH3 is 2. The molecule has 66 heavy (non-hydrogen) atoms. The maximum Gasteiger partial charge on any atom is 0.412 e. The van der Waals surface area contributed by atoms with E-state index < -0.39 is 30.4 Å². The number of pyridine rings is 1. The minimum absolute atomic E-state index is 0.102. The average molecular weight is 906 g/mol. The van der Waals surface area contributed by atoms with Crippen molar-refractivity contribution in [3.63, 3.8) is 0 Å². The molecule has 5 N–H and O–H groups in total. The van der Waals surface area contributed by atoms with E-state index in [-0.39, 0.29) is 47.8 Å². The zero-order valence-electron chi connectivity index (χ0n) is 38.4. The van der Waals surface area contributed by atoms with Crippen LogP contribution in [0.3, 0.4) is 0 Å². The number of anilines is 2. The monoisotopic (exact) mass is 905 g/mol. The van der Waals surface area contributed by atoms with Gasteiger partial charge in [-0.1, -0.05) is 39.8 Å². The first kappa shape index (κ1) is 45.6. The van der Waals surface area contributed by atoms with Gasteiger partial charge in [0.2, 0.25) is 11.8 Å². The van der Waals surface area contributed by atoms with E-state index in [1.54, 1.807) is 22.1 Å². The minimum atomic E-state index is -1.11. The summed E-state index contributed by atoms with van der Waals surface area (Å²) in [7, 11) is 4.02. The highest BCUT2D eigenvalue weighted by atomic mass is 16.5. The largest absolute Gasteiger partial charge is 0.465 e. The van der Waals surface area contributed by atoms with Crippen LogP contribution in [0, 0.1) is 11.8 Å². The van der Waals surface area contributed by atoms with E-state index in [0.29, 0.717) is 30.6 Å². The summed E-state index contributed by atoms with van der Waals surface area (Å²) in [6.45, 7) is 8.65. The number of fused-ring (bicyclic) bond motifs is 2. The number of H-pyrrole nitrogens is 2. The Bertz CT molecular complexity index is 2460. The van der Waals surface area contributed by atoms with Crippen molar-refractivity contribution in [2.75, 3.05) is 44.2 Å². The Morgan fingerprint density at radius 2 is 1.17 bits per heavy atom. The van der Waals surface area contributed by atoms with Gasteiger partial charge in [-0.3, -0.25) is 14.5 Å². The van der Waals surface area contributed by atoms with Crippen LogP contribution in [0.4, 0.5) is 25.9 Å². The van der Waals surface area contributed by atoms with Crippen molar-refractivity contribution in [1.29, 1.82) is 0 Å². The molecule has 0 spiro atoms. The lowest BCUT2D eigenvalue weighted by atomic mass is 10.0. The Kier molecular flexibility index (Phi) is 13.1. The van der Waals surface area contributed by atoms with E-state index in [2.05, 4.69) is 54.8 Å². The average Bonchev–Trinajstić information content (AvgIpc) is 4.17. The highest BCUT2D eigenvalue weighted by molar-refractivity contribution is 5.88. The summed E-state index contributed by atoms with van der Waals surface area (Å²) >= 11 is 0. The molecule has 3 saturated heterocycles. The second-order valence-electron chi connectivity index (χ2n) is 18.1. The molecule has 3 fully saturated rings. The number of alkyl carbamates (subject to hydrolysis) is 2. The van der Waals surface area contributed by atoms with Crippen LogP contribution in [0.1, 0.15) is 113 Å². The fourth-order valence-electron chi connectivity index (χ4n) is 9.86. The van der Waals surface area contributed by atoms with Crippen molar-refractivity contribution < 1.29 is 38.6 Å². The molecule has 0 aliphatic carbocycles. The summed E-state index contributed by atoms with van der Waals surface area (Å²) in [4.78, 5) is 92.4. The summed E-state index contributed by atoms with van der Waals surface area (Å²) in [5.41, 5.74) is 6.13. The number of hydrogen-bond acceptors (Lipinski definition) is 11. The Hall–Kier alpha value is -6.92. The zero-order valence-corrected chi connectivity index (χ0v) is 38.4. The lowest BCUT2D eigenvalue weighted by Gasteiger charge is -2.33. The first-order chi connectivity index (χ1) is 31.7. The molecule has 0 radical (unpaired) electrons. The van der Waals surface area contributed by atoms with E-state index in [4.69, 9.17) is 19.4 Å². The first-order valence-electron chi connectivity index (χ1n) is 22.7. The standard InChI is InChI=1S/C47H59N11O8/c1-25(2)39(53-45(61)65-6)43(59)56-20-8-10-36(56)41-49-30-15-12-27(22-32(30)51-41)34-17-18-35(58(34)29-14-19-38(48-24-29)55(5)47(63)64)28-13-16-31-33(23-28)52-42(50-31)37-11-9-21-57(37)44(60)40(26(3)4)54-46(62)66-7/h12-16,19,22-26,34-37,39-40H,8-11,17-18,20-21H2,1-7H3,(H,49,51)(H,50,52)(H,53,61)(H,54,62)(H,63,64)/t34-,35-,36+,37+,39+,40+/m1/s1. The molecule has 19 nitrogen and oxygen atoms in total. The number of ether oxygens (including phenoxy) is 2. The predicted molar refractivity (Wildman–Crippen MR) is 246 cm³/mol. The molecule has 3 aliphatic heterocycles. The van der Waals surface area contributed by atoms with Crippen molar-refractivity contribution in [3.05, 3.63) is 77.5 Å². The van der Waals surface area contributed by atoms with E-state index >= 15 is 0 Å². The molecule has 5 aromatic rings. The second kappa shape index (κ2) is 18.9. The number of rotatable bonds is 12. The Labute approximate surface area is 382 Å². The van der Waals surface area contributed by atoms with Gasteiger partial charge in [-0.2, -0.15) is 0 Å². The summed E-state index contributed by atoms with van der Waals surface area (Å²) in [5, 5.41) is 15.1. The van der Waals surface area contributed by atoms with Crippen molar-refractivity contribution in [2.24, 2.45) is 11.8 Å². The van der Waals surface area contributed by atoms with Gasteiger partial charge in [0.1, 0.15) is 29.6 Å². The zero-order chi connectivity index (χ0) is 47.0. The highest BCUT2D eigenvalue weighted by Gasteiger charge is 2.40. The molecule has 3 aliphatic rings. The fourth-order valence-corrected chi connectivity index (χ4v) is 9.86. The van der Waals surface area contributed by atoms with Gasteiger partial charge in [0, 0.05) is 20.1 Å². The molecule has 0 saturated carbocycles. The number of carbonyl (C=O) groups excluding carboxylic acids is 4. The number of benzene rings is 2. The lowest BCUT2D eigenvalue weighted by molar-refractivity contribution is -0.136. The third-order valence-electron chi connectivity index (χ3n) is 13.4. The molecule has 350 valence electrons. The van der Waals surface area contributed by atoms with Crippen molar-refractivity contribution in [3.8, 4) is 0 Å². The number of carboxylic acid groups (broad SMARTS) is 1. The SMILES string of the molecule is COC(=O)N[C@H](C(=O)N1CCC[C@H]1c1nc2ccc([C@H]3CC[C@H](c4ccc5nc([C@@H]6CCCN6C(=O)[C@@H](NC(=O)OC)C(C)C)[nH]c5c4)N3c3ccc(N(C)C(=O)O)nc3)cc2[nH]1)C(C)C. The molecule has 2 aromatic carbocycles. The molecule has 5 amide bonds. The molecule has 6 heterocycles. The van der Waals surface area contributed by atoms with Crippen LogP contribution in [-0.4, -0.2) is 116 Å². The fraction of sp³-hybridized carbons (Fsp3) is 0.489. The summed E-state index contributed by atoms with van der Waals surface area (Å²) < 4.78 is 9.62. The number of likely N-dealkylation sites (tertiary alicyclic amines) is 2. The van der Waals surface area contributed by atoms with Gasteiger partial charge in [-0.15, -0.1) is 0 Å². The van der Waals surface area contributed by atoms with Crippen LogP contribution >= 0.6 is 0 Å². The Morgan fingerprint density at radius 1 is 0.697 bits per heavy atom. The summed E-state index contributed by atoms with van der Waals surface area (Å²) in [6.07, 6.45) is 3.95. The van der Waals surface area contributed by atoms with Crippen LogP contribution in [0.5, 0.6) is 0 Å². The van der Waals surface area contributed by atoms with Crippen LogP contribution < -0.4 is 20.4 Å². The molecular weight excluding hydrogens is 847 g/mol. The maximum atomic E-state index is 13.9. The van der Waals surface area contributed by atoms with Gasteiger partial charge < -0.3 is 49.9 Å². The first-order valence-corrected chi connectivity index (χ1v) is 22.7. The van der Waals surface area contributed by atoms with Crippen molar-refractivity contribution in [1.82, 2.24) is 45.4 Å². The molecule has 6 atom stereocenters. The number of amides is 5. The number of aromatic amines is 2. The third-order valence-corrected chi connectivity index (χ3v) is 13.4. The minimum Gasteiger partial charge on any atom is -0.465 e. The van der Waals surface area contributed by atoms with Gasteiger partial charge in [0.05, 0.1) is 72.3 Å². The van der Waals surface area contributed by atoms with Crippen molar-refractivity contribution >= 4 is 63.7 Å². The van der Waals surface area contributed by atoms with Crippen LogP contribution in [-0.2, 0) is 19.1 Å². The molecule has 8 rings (SSSR count). The van der Waals surface area contributed by atoms with Gasteiger partial charge in [0.15, 0.2) is 0 Å². The normalized spacial score (nSPS) is 20.6.